The molecule has 3 rings (SSSR count). The second-order valence-corrected chi connectivity index (χ2v) is 7.18. The minimum atomic E-state index is -4.38. The number of anilines is 2. The van der Waals surface area contributed by atoms with E-state index in [4.69, 9.17) is 6.42 Å². The van der Waals surface area contributed by atoms with Gasteiger partial charge in [-0.15, -0.1) is 6.42 Å². The second kappa shape index (κ2) is 9.65. The molecule has 0 saturated heterocycles. The molecular formula is C25H20F5N. The van der Waals surface area contributed by atoms with Gasteiger partial charge in [0.25, 0.3) is 0 Å². The van der Waals surface area contributed by atoms with E-state index in [0.29, 0.717) is 30.5 Å². The summed E-state index contributed by atoms with van der Waals surface area (Å²) in [6.07, 6.45) is 3.09. The van der Waals surface area contributed by atoms with Crippen LogP contribution in [0.15, 0.2) is 66.7 Å². The minimum Gasteiger partial charge on any atom is -0.353 e. The number of hydrogen-bond donors (Lipinski definition) is 1. The normalized spacial score (nSPS) is 12.3. The molecule has 0 amide bonds. The Bertz CT molecular complexity index is 1050. The lowest BCUT2D eigenvalue weighted by atomic mass is 9.92. The van der Waals surface area contributed by atoms with Crippen LogP contribution in [-0.2, 0) is 12.6 Å². The summed E-state index contributed by atoms with van der Waals surface area (Å²) in [6.45, 7) is 0. The van der Waals surface area contributed by atoms with Crippen LogP contribution in [0.3, 0.4) is 0 Å². The molecule has 0 heterocycles. The Morgan fingerprint density at radius 1 is 0.903 bits per heavy atom. The summed E-state index contributed by atoms with van der Waals surface area (Å²) in [5.74, 6) is 1.52. The van der Waals surface area contributed by atoms with Crippen molar-refractivity contribution < 1.29 is 22.0 Å². The molecule has 0 aliphatic rings. The van der Waals surface area contributed by atoms with Gasteiger partial charge in [0.2, 0.25) is 0 Å². The average Bonchev–Trinajstić information content (AvgIpc) is 2.74. The third kappa shape index (κ3) is 6.08. The van der Waals surface area contributed by atoms with E-state index in [2.05, 4.69) is 11.2 Å². The lowest BCUT2D eigenvalue weighted by Gasteiger charge is -2.14. The fourth-order valence-corrected chi connectivity index (χ4v) is 3.27. The molecule has 0 spiro atoms. The molecule has 0 fully saturated rings. The van der Waals surface area contributed by atoms with Crippen LogP contribution in [-0.4, -0.2) is 0 Å². The van der Waals surface area contributed by atoms with Crippen LogP contribution in [0.1, 0.15) is 35.4 Å². The summed E-state index contributed by atoms with van der Waals surface area (Å²) < 4.78 is 65.3. The number of terminal acetylenes is 1. The van der Waals surface area contributed by atoms with Crippen molar-refractivity contribution in [1.29, 1.82) is 0 Å². The van der Waals surface area contributed by atoms with E-state index < -0.39 is 17.6 Å². The zero-order valence-electron chi connectivity index (χ0n) is 16.5. The molecule has 160 valence electrons. The lowest BCUT2D eigenvalue weighted by molar-refractivity contribution is -0.137. The van der Waals surface area contributed by atoms with Crippen LogP contribution in [0.25, 0.3) is 0 Å². The third-order valence-electron chi connectivity index (χ3n) is 4.95. The van der Waals surface area contributed by atoms with Gasteiger partial charge < -0.3 is 5.32 Å². The number of benzene rings is 3. The molecule has 1 nitrogen and oxygen atoms in total. The molecule has 1 N–H and O–H groups in total. The lowest BCUT2D eigenvalue weighted by Crippen LogP contribution is -2.05. The first-order chi connectivity index (χ1) is 14.8. The Balaban J connectivity index is 1.61. The van der Waals surface area contributed by atoms with Crippen LogP contribution in [0.2, 0.25) is 0 Å². The number of hydrogen-bond acceptors (Lipinski definition) is 1. The van der Waals surface area contributed by atoms with Gasteiger partial charge in [-0.2, -0.15) is 13.2 Å². The van der Waals surface area contributed by atoms with Gasteiger partial charge in [-0.1, -0.05) is 24.1 Å². The highest BCUT2D eigenvalue weighted by molar-refractivity contribution is 5.60. The minimum absolute atomic E-state index is 0.278. The van der Waals surface area contributed by atoms with Crippen molar-refractivity contribution in [2.75, 3.05) is 5.32 Å². The third-order valence-corrected chi connectivity index (χ3v) is 4.95. The van der Waals surface area contributed by atoms with Crippen molar-refractivity contribution in [3.8, 4) is 12.3 Å². The van der Waals surface area contributed by atoms with E-state index in [9.17, 15) is 22.0 Å². The molecule has 0 aliphatic heterocycles. The van der Waals surface area contributed by atoms with Crippen LogP contribution < -0.4 is 5.32 Å². The zero-order valence-corrected chi connectivity index (χ0v) is 16.5. The maximum Gasteiger partial charge on any atom is 0.416 e. The van der Waals surface area contributed by atoms with E-state index >= 15 is 0 Å². The highest BCUT2D eigenvalue weighted by Gasteiger charge is 2.30. The summed E-state index contributed by atoms with van der Waals surface area (Å²) >= 11 is 0. The fourth-order valence-electron chi connectivity index (χ4n) is 3.27. The van der Waals surface area contributed by atoms with E-state index in [1.165, 1.54) is 42.5 Å². The van der Waals surface area contributed by atoms with Gasteiger partial charge in [0, 0.05) is 11.6 Å². The van der Waals surface area contributed by atoms with Crippen molar-refractivity contribution in [3.05, 3.63) is 95.1 Å². The average molecular weight is 429 g/mol. The molecule has 3 aromatic carbocycles. The molecule has 0 saturated carbocycles. The maximum absolute atomic E-state index is 14.1. The van der Waals surface area contributed by atoms with Crippen molar-refractivity contribution in [1.82, 2.24) is 0 Å². The molecule has 0 aliphatic carbocycles. The molecule has 3 aromatic rings. The first kappa shape index (κ1) is 22.4. The summed E-state index contributed by atoms with van der Waals surface area (Å²) in [5.41, 5.74) is 1.68. The summed E-state index contributed by atoms with van der Waals surface area (Å²) in [4.78, 5) is 0. The van der Waals surface area contributed by atoms with Crippen LogP contribution in [0.4, 0.5) is 33.3 Å². The molecule has 31 heavy (non-hydrogen) atoms. The van der Waals surface area contributed by atoms with Crippen LogP contribution in [0, 0.1) is 24.0 Å². The molecule has 0 aromatic heterocycles. The Morgan fingerprint density at radius 3 is 2.19 bits per heavy atom. The summed E-state index contributed by atoms with van der Waals surface area (Å²) in [7, 11) is 0. The van der Waals surface area contributed by atoms with Crippen molar-refractivity contribution >= 4 is 11.4 Å². The summed E-state index contributed by atoms with van der Waals surface area (Å²) in [5, 5.41) is 2.93. The summed E-state index contributed by atoms with van der Waals surface area (Å²) in [6, 6.07) is 15.2. The smallest absolute Gasteiger partial charge is 0.353 e. The van der Waals surface area contributed by atoms with Gasteiger partial charge in [0.05, 0.1) is 11.3 Å². The topological polar surface area (TPSA) is 12.0 Å². The van der Waals surface area contributed by atoms with Gasteiger partial charge in [0.15, 0.2) is 0 Å². The van der Waals surface area contributed by atoms with Gasteiger partial charge in [-0.05, 0) is 78.9 Å². The van der Waals surface area contributed by atoms with Gasteiger partial charge in [0.1, 0.15) is 11.6 Å². The van der Waals surface area contributed by atoms with Crippen LogP contribution in [0.5, 0.6) is 0 Å². The van der Waals surface area contributed by atoms with E-state index in [0.717, 1.165) is 17.7 Å². The standard InChI is InChI=1S/C25H20F5N/c1-2-18(19-7-9-20(10-8-19)25(28,29)30)5-3-4-17-6-15-23(27)24(16-17)31-22-13-11-21(26)12-14-22/h1,6-16,18,31H,3-5H2. The molecule has 1 atom stereocenters. The SMILES string of the molecule is C#CC(CCCc1ccc(F)c(Nc2ccc(F)cc2)c1)c1ccc(C(F)(F)F)cc1. The van der Waals surface area contributed by atoms with E-state index in [1.54, 1.807) is 12.1 Å². The quantitative estimate of drug-likeness (QED) is 0.303. The van der Waals surface area contributed by atoms with Crippen molar-refractivity contribution in [2.45, 2.75) is 31.4 Å². The molecule has 1 unspecified atom stereocenters. The molecule has 0 radical (unpaired) electrons. The predicted octanol–water partition coefficient (Wildman–Crippen LogP) is 7.47. The number of aryl methyl sites for hydroxylation is 1. The van der Waals surface area contributed by atoms with Gasteiger partial charge in [-0.3, -0.25) is 0 Å². The Hall–Kier alpha value is -3.33. The second-order valence-electron chi connectivity index (χ2n) is 7.18. The predicted molar refractivity (Wildman–Crippen MR) is 112 cm³/mol. The van der Waals surface area contributed by atoms with Gasteiger partial charge in [-0.25, -0.2) is 8.78 Å². The Kier molecular flexibility index (Phi) is 6.96. The maximum atomic E-state index is 14.1. The van der Waals surface area contributed by atoms with E-state index in [1.807, 2.05) is 0 Å². The highest BCUT2D eigenvalue weighted by atomic mass is 19.4. The largest absolute Gasteiger partial charge is 0.416 e. The number of nitrogens with one attached hydrogen (secondary N) is 1. The zero-order chi connectivity index (χ0) is 22.4. The Labute approximate surface area is 177 Å². The molecular weight excluding hydrogens is 409 g/mol. The van der Waals surface area contributed by atoms with Crippen molar-refractivity contribution in [2.24, 2.45) is 0 Å². The van der Waals surface area contributed by atoms with E-state index in [-0.39, 0.29) is 17.4 Å². The first-order valence-corrected chi connectivity index (χ1v) is 9.70. The molecule has 6 heteroatoms. The fraction of sp³-hybridized carbons (Fsp3) is 0.200. The number of rotatable bonds is 7. The number of alkyl halides is 3. The Morgan fingerprint density at radius 2 is 1.58 bits per heavy atom. The monoisotopic (exact) mass is 429 g/mol. The first-order valence-electron chi connectivity index (χ1n) is 9.70. The van der Waals surface area contributed by atoms with Gasteiger partial charge >= 0.3 is 6.18 Å². The van der Waals surface area contributed by atoms with Crippen LogP contribution >= 0.6 is 0 Å². The highest BCUT2D eigenvalue weighted by Crippen LogP contribution is 2.31. The molecule has 0 bridgehead atoms. The van der Waals surface area contributed by atoms with Crippen molar-refractivity contribution in [3.63, 3.8) is 0 Å². The number of halogens is 5.